The van der Waals surface area contributed by atoms with Crippen LogP contribution in [0, 0.1) is 0 Å². The highest BCUT2D eigenvalue weighted by Crippen LogP contribution is 2.28. The highest BCUT2D eigenvalue weighted by molar-refractivity contribution is 6.10. The summed E-state index contributed by atoms with van der Waals surface area (Å²) in [4.78, 5) is 14.1. The molecule has 110 valence electrons. The monoisotopic (exact) mass is 286 g/mol. The van der Waals surface area contributed by atoms with Gasteiger partial charge in [-0.15, -0.1) is 0 Å². The lowest BCUT2D eigenvalue weighted by Crippen LogP contribution is -2.27. The molecule has 0 heterocycles. The second-order valence-corrected chi connectivity index (χ2v) is 4.53. The summed E-state index contributed by atoms with van der Waals surface area (Å²) in [6.45, 7) is 2.30. The summed E-state index contributed by atoms with van der Waals surface area (Å²) in [7, 11) is 1.65. The van der Waals surface area contributed by atoms with Crippen molar-refractivity contribution in [2.45, 2.75) is 6.92 Å². The molecule has 5 nitrogen and oxygen atoms in total. The van der Waals surface area contributed by atoms with E-state index in [1.807, 2.05) is 6.92 Å². The summed E-state index contributed by atoms with van der Waals surface area (Å²) < 4.78 is 5.48. The van der Waals surface area contributed by atoms with Crippen LogP contribution < -0.4 is 15.4 Å². The number of phenolic OH excluding ortho intramolecular Hbond substituents is 1. The van der Waals surface area contributed by atoms with Crippen LogP contribution in [0.25, 0.3) is 0 Å². The van der Waals surface area contributed by atoms with Gasteiger partial charge in [0.05, 0.1) is 6.61 Å². The number of aromatic hydroxyl groups is 1. The van der Waals surface area contributed by atoms with Crippen LogP contribution in [0.15, 0.2) is 42.5 Å². The smallest absolute Gasteiger partial charge is 0.263 e. The number of carbonyl (C=O) groups is 1. The minimum Gasteiger partial charge on any atom is -0.508 e. The van der Waals surface area contributed by atoms with Gasteiger partial charge >= 0.3 is 0 Å². The first kappa shape index (κ1) is 14.7. The maximum atomic E-state index is 12.6. The minimum atomic E-state index is -0.262. The summed E-state index contributed by atoms with van der Waals surface area (Å²) in [6, 6.07) is 11.5. The number of amides is 1. The van der Waals surface area contributed by atoms with Gasteiger partial charge in [0.2, 0.25) is 0 Å². The molecule has 2 aromatic rings. The van der Waals surface area contributed by atoms with Gasteiger partial charge < -0.3 is 20.5 Å². The molecule has 0 aliphatic heterocycles. The van der Waals surface area contributed by atoms with Crippen LogP contribution >= 0.6 is 0 Å². The molecule has 0 unspecified atom stereocenters. The molecule has 2 rings (SSSR count). The van der Waals surface area contributed by atoms with E-state index in [0.29, 0.717) is 29.3 Å². The molecule has 0 atom stereocenters. The maximum Gasteiger partial charge on any atom is 0.263 e. The van der Waals surface area contributed by atoms with Gasteiger partial charge in [0.25, 0.3) is 5.91 Å². The van der Waals surface area contributed by atoms with Gasteiger partial charge in [-0.2, -0.15) is 0 Å². The summed E-state index contributed by atoms with van der Waals surface area (Å²) in [5.74, 6) is 0.351. The van der Waals surface area contributed by atoms with Crippen LogP contribution in [0.3, 0.4) is 0 Å². The van der Waals surface area contributed by atoms with Crippen molar-refractivity contribution >= 4 is 17.3 Å². The summed E-state index contributed by atoms with van der Waals surface area (Å²) in [5.41, 5.74) is 7.30. The number of anilines is 2. The fraction of sp³-hybridized carbons (Fsp3) is 0.188. The first-order valence-corrected chi connectivity index (χ1v) is 6.63. The van der Waals surface area contributed by atoms with Gasteiger partial charge in [0, 0.05) is 18.4 Å². The van der Waals surface area contributed by atoms with Crippen molar-refractivity contribution < 1.29 is 14.6 Å². The summed E-state index contributed by atoms with van der Waals surface area (Å²) in [5, 5.41) is 9.31. The second kappa shape index (κ2) is 6.17. The Morgan fingerprint density at radius 3 is 2.52 bits per heavy atom. The third-order valence-electron chi connectivity index (χ3n) is 3.11. The highest BCUT2D eigenvalue weighted by Gasteiger charge is 2.20. The Kier molecular flexibility index (Phi) is 4.33. The molecule has 3 N–H and O–H groups in total. The summed E-state index contributed by atoms with van der Waals surface area (Å²) in [6.07, 6.45) is 0. The molecule has 0 saturated carbocycles. The number of carbonyl (C=O) groups excluding carboxylic acids is 1. The molecule has 0 radical (unpaired) electrons. The lowest BCUT2D eigenvalue weighted by atomic mass is 10.1. The van der Waals surface area contributed by atoms with Gasteiger partial charge in [-0.25, -0.2) is 0 Å². The fourth-order valence-corrected chi connectivity index (χ4v) is 2.01. The average molecular weight is 286 g/mol. The second-order valence-electron chi connectivity index (χ2n) is 4.53. The van der Waals surface area contributed by atoms with E-state index in [2.05, 4.69) is 0 Å². The molecule has 5 heteroatoms. The minimum absolute atomic E-state index is 0.147. The molecule has 0 saturated heterocycles. The lowest BCUT2D eigenvalue weighted by molar-refractivity contribution is 0.0990. The number of phenols is 1. The van der Waals surface area contributed by atoms with Gasteiger partial charge in [0.15, 0.2) is 0 Å². The van der Waals surface area contributed by atoms with E-state index in [0.717, 1.165) is 0 Å². The van der Waals surface area contributed by atoms with Gasteiger partial charge in [-0.3, -0.25) is 4.79 Å². The van der Waals surface area contributed by atoms with Crippen molar-refractivity contribution in [3.63, 3.8) is 0 Å². The van der Waals surface area contributed by atoms with E-state index >= 15 is 0 Å². The molecule has 1 amide bonds. The molecule has 21 heavy (non-hydrogen) atoms. The van der Waals surface area contributed by atoms with E-state index in [9.17, 15) is 9.90 Å². The molecule has 2 aromatic carbocycles. The molecule has 0 aromatic heterocycles. The zero-order valence-electron chi connectivity index (χ0n) is 12.0. The fourth-order valence-electron chi connectivity index (χ4n) is 2.01. The van der Waals surface area contributed by atoms with Crippen LogP contribution in [-0.2, 0) is 0 Å². The number of ether oxygens (including phenoxy) is 1. The Bertz CT molecular complexity index is 638. The lowest BCUT2D eigenvalue weighted by Gasteiger charge is -2.20. The maximum absolute atomic E-state index is 12.6. The third kappa shape index (κ3) is 3.08. The van der Waals surface area contributed by atoms with E-state index in [4.69, 9.17) is 10.5 Å². The Morgan fingerprint density at radius 2 is 1.90 bits per heavy atom. The van der Waals surface area contributed by atoms with Crippen molar-refractivity contribution in [2.75, 3.05) is 24.3 Å². The number of benzene rings is 2. The van der Waals surface area contributed by atoms with E-state index < -0.39 is 0 Å². The van der Waals surface area contributed by atoms with Crippen LogP contribution in [0.5, 0.6) is 11.5 Å². The predicted molar refractivity (Wildman–Crippen MR) is 82.9 cm³/mol. The van der Waals surface area contributed by atoms with E-state index in [1.54, 1.807) is 37.4 Å². The molecule has 0 bridgehead atoms. The van der Waals surface area contributed by atoms with Gasteiger partial charge in [-0.05, 0) is 43.3 Å². The van der Waals surface area contributed by atoms with E-state index in [-0.39, 0.29) is 11.7 Å². The number of nitrogens with zero attached hydrogens (tertiary/aromatic N) is 1. The first-order chi connectivity index (χ1) is 10.0. The SMILES string of the molecule is CCOc1cccc(N)c1C(=O)N(C)c1ccc(O)cc1. The Hall–Kier alpha value is -2.69. The molecule has 0 fully saturated rings. The van der Waals surface area contributed by atoms with Crippen molar-refractivity contribution in [1.29, 1.82) is 0 Å². The van der Waals surface area contributed by atoms with Gasteiger partial charge in [0.1, 0.15) is 17.1 Å². The van der Waals surface area contributed by atoms with Crippen LogP contribution in [0.4, 0.5) is 11.4 Å². The molecule has 0 aliphatic carbocycles. The number of nitrogens with two attached hydrogens (primary N) is 1. The highest BCUT2D eigenvalue weighted by atomic mass is 16.5. The van der Waals surface area contributed by atoms with Gasteiger partial charge in [-0.1, -0.05) is 6.07 Å². The van der Waals surface area contributed by atoms with Crippen molar-refractivity contribution in [3.8, 4) is 11.5 Å². The quantitative estimate of drug-likeness (QED) is 0.847. The zero-order chi connectivity index (χ0) is 15.4. The molecule has 0 aliphatic rings. The van der Waals surface area contributed by atoms with Crippen LogP contribution in [-0.4, -0.2) is 24.7 Å². The Morgan fingerprint density at radius 1 is 1.24 bits per heavy atom. The standard InChI is InChI=1S/C16H18N2O3/c1-3-21-14-6-4-5-13(17)15(14)16(20)18(2)11-7-9-12(19)10-8-11/h4-10,19H,3,17H2,1-2H3. The molecular formula is C16H18N2O3. The van der Waals surface area contributed by atoms with Crippen molar-refractivity contribution in [2.24, 2.45) is 0 Å². The number of hydrogen-bond acceptors (Lipinski definition) is 4. The largest absolute Gasteiger partial charge is 0.508 e. The zero-order valence-corrected chi connectivity index (χ0v) is 12.0. The van der Waals surface area contributed by atoms with Crippen molar-refractivity contribution in [1.82, 2.24) is 0 Å². The molecular weight excluding hydrogens is 268 g/mol. The summed E-state index contributed by atoms with van der Waals surface area (Å²) >= 11 is 0. The number of hydrogen-bond donors (Lipinski definition) is 2. The topological polar surface area (TPSA) is 75.8 Å². The van der Waals surface area contributed by atoms with Crippen LogP contribution in [0.1, 0.15) is 17.3 Å². The number of nitrogen functional groups attached to an aromatic ring is 1. The average Bonchev–Trinajstić information content (AvgIpc) is 2.47. The normalized spacial score (nSPS) is 10.2. The Labute approximate surface area is 123 Å². The first-order valence-electron chi connectivity index (χ1n) is 6.63. The third-order valence-corrected chi connectivity index (χ3v) is 3.11. The molecule has 0 spiro atoms. The predicted octanol–water partition coefficient (Wildman–Crippen LogP) is 2.65. The Balaban J connectivity index is 2.37. The van der Waals surface area contributed by atoms with E-state index in [1.165, 1.54) is 17.0 Å². The number of rotatable bonds is 4. The van der Waals surface area contributed by atoms with Crippen LogP contribution in [0.2, 0.25) is 0 Å². The van der Waals surface area contributed by atoms with Crippen molar-refractivity contribution in [3.05, 3.63) is 48.0 Å².